The van der Waals surface area contributed by atoms with Gasteiger partial charge in [-0.25, -0.2) is 9.59 Å². The van der Waals surface area contributed by atoms with Crippen molar-refractivity contribution in [1.82, 2.24) is 4.90 Å². The lowest BCUT2D eigenvalue weighted by Crippen LogP contribution is -2.52. The molecule has 0 aromatic heterocycles. The first-order valence-corrected chi connectivity index (χ1v) is 5.45. The van der Waals surface area contributed by atoms with Crippen molar-refractivity contribution in [2.45, 2.75) is 46.2 Å². The Hall–Kier alpha value is -1.26. The number of amides is 1. The zero-order chi connectivity index (χ0) is 12.9. The van der Waals surface area contributed by atoms with Gasteiger partial charge in [0.15, 0.2) is 0 Å². The monoisotopic (exact) mass is 231 g/mol. The molecule has 0 fully saturated rings. The van der Waals surface area contributed by atoms with E-state index in [-0.39, 0.29) is 12.0 Å². The second-order valence-electron chi connectivity index (χ2n) is 4.16. The Bertz CT molecular complexity index is 252. The number of carboxylic acids is 1. The fraction of sp³-hybridized carbons (Fsp3) is 0.818. The summed E-state index contributed by atoms with van der Waals surface area (Å²) >= 11 is 0. The zero-order valence-corrected chi connectivity index (χ0v) is 10.6. The number of aliphatic carboxylic acids is 1. The van der Waals surface area contributed by atoms with Crippen LogP contribution < -0.4 is 0 Å². The molecule has 16 heavy (non-hydrogen) atoms. The van der Waals surface area contributed by atoms with Gasteiger partial charge < -0.3 is 9.84 Å². The predicted molar refractivity (Wildman–Crippen MR) is 60.3 cm³/mol. The van der Waals surface area contributed by atoms with E-state index in [1.165, 1.54) is 12.0 Å². The zero-order valence-electron chi connectivity index (χ0n) is 10.6. The van der Waals surface area contributed by atoms with Gasteiger partial charge in [0.2, 0.25) is 0 Å². The van der Waals surface area contributed by atoms with Crippen molar-refractivity contribution in [1.29, 1.82) is 0 Å². The molecule has 94 valence electrons. The van der Waals surface area contributed by atoms with Crippen molar-refractivity contribution in [3.8, 4) is 0 Å². The van der Waals surface area contributed by atoms with E-state index in [0.29, 0.717) is 6.42 Å². The van der Waals surface area contributed by atoms with Crippen LogP contribution >= 0.6 is 0 Å². The summed E-state index contributed by atoms with van der Waals surface area (Å²) in [6, 6.07) is -1.00. The van der Waals surface area contributed by atoms with Gasteiger partial charge in [-0.15, -0.1) is 0 Å². The van der Waals surface area contributed by atoms with Crippen molar-refractivity contribution in [3.63, 3.8) is 0 Å². The van der Waals surface area contributed by atoms with Crippen molar-refractivity contribution in [2.24, 2.45) is 5.92 Å². The summed E-state index contributed by atoms with van der Waals surface area (Å²) in [5, 5.41) is 9.15. The first-order valence-electron chi connectivity index (χ1n) is 5.45. The average Bonchev–Trinajstić information content (AvgIpc) is 2.22. The van der Waals surface area contributed by atoms with Gasteiger partial charge in [-0.1, -0.05) is 20.8 Å². The Morgan fingerprint density at radius 2 is 1.81 bits per heavy atom. The molecule has 0 spiro atoms. The minimum atomic E-state index is -0.999. The molecule has 1 unspecified atom stereocenters. The Labute approximate surface area is 96.4 Å². The van der Waals surface area contributed by atoms with Crippen LogP contribution in [0.3, 0.4) is 0 Å². The highest BCUT2D eigenvalue weighted by Gasteiger charge is 2.35. The van der Waals surface area contributed by atoms with Crippen LogP contribution in [0.4, 0.5) is 4.79 Å². The molecule has 5 nitrogen and oxygen atoms in total. The van der Waals surface area contributed by atoms with E-state index in [2.05, 4.69) is 4.74 Å². The molecule has 0 saturated heterocycles. The number of ether oxygens (including phenoxy) is 1. The normalized spacial score (nSPS) is 14.4. The van der Waals surface area contributed by atoms with Gasteiger partial charge in [0.1, 0.15) is 6.04 Å². The summed E-state index contributed by atoms with van der Waals surface area (Å²) in [5.74, 6) is -1.16. The Morgan fingerprint density at radius 3 is 2.06 bits per heavy atom. The predicted octanol–water partition coefficient (Wildman–Crippen LogP) is 1.96. The molecule has 1 amide bonds. The van der Waals surface area contributed by atoms with E-state index in [9.17, 15) is 9.59 Å². The molecule has 0 aliphatic heterocycles. The third-order valence-corrected chi connectivity index (χ3v) is 2.64. The minimum absolute atomic E-state index is 0.157. The van der Waals surface area contributed by atoms with Gasteiger partial charge in [-0.2, -0.15) is 0 Å². The summed E-state index contributed by atoms with van der Waals surface area (Å²) in [4.78, 5) is 24.1. The molecule has 0 aromatic carbocycles. The smallest absolute Gasteiger partial charge is 0.410 e. The van der Waals surface area contributed by atoms with Crippen molar-refractivity contribution < 1.29 is 19.4 Å². The number of nitrogens with zero attached hydrogens (tertiary/aromatic N) is 1. The molecule has 0 radical (unpaired) electrons. The van der Waals surface area contributed by atoms with E-state index in [0.717, 1.165) is 0 Å². The van der Waals surface area contributed by atoms with Crippen LogP contribution in [0, 0.1) is 5.92 Å². The lowest BCUT2D eigenvalue weighted by Gasteiger charge is -2.34. The van der Waals surface area contributed by atoms with Gasteiger partial charge >= 0.3 is 12.1 Å². The Morgan fingerprint density at radius 1 is 1.31 bits per heavy atom. The number of carbonyl (C=O) groups is 2. The molecule has 0 bridgehead atoms. The van der Waals surface area contributed by atoms with Crippen LogP contribution in [0.1, 0.15) is 34.1 Å². The molecule has 1 N–H and O–H groups in total. The molecule has 0 aliphatic carbocycles. The molecule has 0 aromatic rings. The molecular weight excluding hydrogens is 210 g/mol. The fourth-order valence-electron chi connectivity index (χ4n) is 1.60. The minimum Gasteiger partial charge on any atom is -0.480 e. The average molecular weight is 231 g/mol. The van der Waals surface area contributed by atoms with Gasteiger partial charge in [0, 0.05) is 6.04 Å². The molecule has 5 heteroatoms. The number of hydrogen-bond acceptors (Lipinski definition) is 3. The summed E-state index contributed by atoms with van der Waals surface area (Å²) in [6.07, 6.45) is 0.0986. The number of hydrogen-bond donors (Lipinski definition) is 1. The SMILES string of the molecule is CCC(C)N(C(=O)OC)[C@H](C(=O)O)C(C)C. The van der Waals surface area contributed by atoms with Gasteiger partial charge in [0.05, 0.1) is 7.11 Å². The maximum Gasteiger partial charge on any atom is 0.410 e. The fourth-order valence-corrected chi connectivity index (χ4v) is 1.60. The van der Waals surface area contributed by atoms with Crippen LogP contribution in [0.2, 0.25) is 0 Å². The molecule has 0 aliphatic rings. The largest absolute Gasteiger partial charge is 0.480 e. The number of carboxylic acid groups (broad SMARTS) is 1. The van der Waals surface area contributed by atoms with Crippen molar-refractivity contribution in [3.05, 3.63) is 0 Å². The third kappa shape index (κ3) is 3.40. The van der Waals surface area contributed by atoms with E-state index >= 15 is 0 Å². The van der Waals surface area contributed by atoms with E-state index < -0.39 is 18.1 Å². The van der Waals surface area contributed by atoms with E-state index in [1.807, 2.05) is 13.8 Å². The summed E-state index contributed by atoms with van der Waals surface area (Å²) in [6.45, 7) is 7.27. The second-order valence-corrected chi connectivity index (χ2v) is 4.16. The van der Waals surface area contributed by atoms with Crippen LogP contribution in [-0.4, -0.2) is 41.3 Å². The third-order valence-electron chi connectivity index (χ3n) is 2.64. The van der Waals surface area contributed by atoms with Crippen LogP contribution in [0.25, 0.3) is 0 Å². The topological polar surface area (TPSA) is 66.8 Å². The van der Waals surface area contributed by atoms with Crippen LogP contribution in [0.5, 0.6) is 0 Å². The maximum atomic E-state index is 11.6. The lowest BCUT2D eigenvalue weighted by molar-refractivity contribution is -0.145. The standard InChI is InChI=1S/C11H21NO4/c1-6-8(4)12(11(15)16-5)9(7(2)3)10(13)14/h7-9H,6H2,1-5H3,(H,13,14)/t8?,9-/m0/s1. The van der Waals surface area contributed by atoms with E-state index in [4.69, 9.17) is 5.11 Å². The number of carbonyl (C=O) groups excluding carboxylic acids is 1. The highest BCUT2D eigenvalue weighted by atomic mass is 16.5. The van der Waals surface area contributed by atoms with Gasteiger partial charge in [-0.3, -0.25) is 4.90 Å². The molecular formula is C11H21NO4. The molecule has 0 saturated carbocycles. The molecule has 2 atom stereocenters. The summed E-state index contributed by atoms with van der Waals surface area (Å²) in [5.41, 5.74) is 0. The lowest BCUT2D eigenvalue weighted by atomic mass is 10.0. The van der Waals surface area contributed by atoms with E-state index in [1.54, 1.807) is 13.8 Å². The van der Waals surface area contributed by atoms with Gasteiger partial charge in [-0.05, 0) is 19.3 Å². The van der Waals surface area contributed by atoms with Crippen LogP contribution in [0.15, 0.2) is 0 Å². The molecule has 0 rings (SSSR count). The number of methoxy groups -OCH3 is 1. The quantitative estimate of drug-likeness (QED) is 0.785. The van der Waals surface area contributed by atoms with Crippen molar-refractivity contribution >= 4 is 12.1 Å². The highest BCUT2D eigenvalue weighted by Crippen LogP contribution is 2.17. The Balaban J connectivity index is 5.11. The maximum absolute atomic E-state index is 11.6. The Kier molecular flexibility index (Phi) is 5.85. The van der Waals surface area contributed by atoms with Gasteiger partial charge in [0.25, 0.3) is 0 Å². The first-order chi connectivity index (χ1) is 7.36. The first kappa shape index (κ1) is 14.7. The van der Waals surface area contributed by atoms with Crippen molar-refractivity contribution in [2.75, 3.05) is 7.11 Å². The molecule has 0 heterocycles. The highest BCUT2D eigenvalue weighted by molar-refractivity contribution is 5.80. The summed E-state index contributed by atoms with van der Waals surface area (Å²) < 4.78 is 4.64. The van der Waals surface area contributed by atoms with Crippen LogP contribution in [-0.2, 0) is 9.53 Å². The number of rotatable bonds is 5. The summed E-state index contributed by atoms with van der Waals surface area (Å²) in [7, 11) is 1.26. The second kappa shape index (κ2) is 6.35.